The fraction of sp³-hybridized carbons (Fsp3) is 0.750. The minimum Gasteiger partial charge on any atom is -0.367 e. The quantitative estimate of drug-likeness (QED) is 0.453. The number of aliphatic hydroxyl groups is 2. The highest BCUT2D eigenvalue weighted by molar-refractivity contribution is 5.02. The van der Waals surface area contributed by atoms with E-state index in [4.69, 9.17) is 10.2 Å². The van der Waals surface area contributed by atoms with Crippen molar-refractivity contribution >= 4 is 0 Å². The molecule has 0 rings (SSSR count). The van der Waals surface area contributed by atoms with Crippen molar-refractivity contribution in [3.8, 4) is 0 Å². The van der Waals surface area contributed by atoms with E-state index >= 15 is 0 Å². The molecule has 0 unspecified atom stereocenters. The van der Waals surface area contributed by atoms with Crippen molar-refractivity contribution in [3.63, 3.8) is 0 Å². The largest absolute Gasteiger partial charge is 0.367 e. The van der Waals surface area contributed by atoms with Crippen molar-refractivity contribution in [1.29, 1.82) is 0 Å². The first-order valence-electron chi connectivity index (χ1n) is 3.38. The topological polar surface area (TPSA) is 40.5 Å². The minimum atomic E-state index is -1.28. The molecule has 0 aromatic rings. The molecular formula is C8H16O2. The summed E-state index contributed by atoms with van der Waals surface area (Å²) in [5, 5.41) is 17.7. The lowest BCUT2D eigenvalue weighted by Gasteiger charge is -2.22. The fourth-order valence-electron chi connectivity index (χ4n) is 0.819. The highest BCUT2D eigenvalue weighted by Crippen LogP contribution is 2.22. The zero-order valence-electron chi connectivity index (χ0n) is 7.05. The molecule has 0 saturated carbocycles. The number of hydrogen-bond acceptors (Lipinski definition) is 2. The Labute approximate surface area is 62.2 Å². The van der Waals surface area contributed by atoms with Crippen LogP contribution >= 0.6 is 0 Å². The summed E-state index contributed by atoms with van der Waals surface area (Å²) in [5.74, 6) is 0. The predicted octanol–water partition coefficient (Wildman–Crippen LogP) is 1.29. The zero-order chi connectivity index (χ0) is 8.36. The van der Waals surface area contributed by atoms with Crippen LogP contribution in [0.3, 0.4) is 0 Å². The summed E-state index contributed by atoms with van der Waals surface area (Å²) in [6.07, 6.45) is 0.569. The van der Waals surface area contributed by atoms with E-state index in [1.54, 1.807) is 13.8 Å². The van der Waals surface area contributed by atoms with Crippen molar-refractivity contribution in [2.24, 2.45) is 5.41 Å². The van der Waals surface area contributed by atoms with Gasteiger partial charge in [-0.2, -0.15) is 0 Å². The second-order valence-electron chi connectivity index (χ2n) is 3.42. The third-order valence-corrected chi connectivity index (χ3v) is 1.33. The maximum Gasteiger partial charge on any atom is 0.160 e. The van der Waals surface area contributed by atoms with Gasteiger partial charge in [0.15, 0.2) is 6.29 Å². The molecule has 0 bridgehead atoms. The summed E-state index contributed by atoms with van der Waals surface area (Å²) in [5.41, 5.74) is 0.567. The van der Waals surface area contributed by atoms with Crippen LogP contribution in [0, 0.1) is 5.41 Å². The van der Waals surface area contributed by atoms with Gasteiger partial charge in [-0.05, 0) is 13.8 Å². The molecule has 0 aromatic heterocycles. The lowest BCUT2D eigenvalue weighted by Crippen LogP contribution is -2.26. The highest BCUT2D eigenvalue weighted by Gasteiger charge is 2.22. The molecule has 0 aliphatic rings. The fourth-order valence-corrected chi connectivity index (χ4v) is 0.819. The lowest BCUT2D eigenvalue weighted by atomic mass is 9.90. The van der Waals surface area contributed by atoms with E-state index < -0.39 is 11.7 Å². The second-order valence-corrected chi connectivity index (χ2v) is 3.42. The molecule has 0 amide bonds. The maximum atomic E-state index is 8.84. The Morgan fingerprint density at radius 1 is 1.30 bits per heavy atom. The first-order chi connectivity index (χ1) is 4.36. The molecule has 0 fully saturated rings. The summed E-state index contributed by atoms with van der Waals surface area (Å²) in [6, 6.07) is 0. The maximum absolute atomic E-state index is 8.84. The van der Waals surface area contributed by atoms with Gasteiger partial charge in [-0.3, -0.25) is 0 Å². The van der Waals surface area contributed by atoms with Gasteiger partial charge in [0.05, 0.1) is 0 Å². The standard InChI is InChI=1S/C8H16O2/c1-6(2)5-8(3,4)7(9)10/h5,7,9-10H,1-4H3. The van der Waals surface area contributed by atoms with E-state index in [1.807, 2.05) is 19.9 Å². The number of hydrogen-bond donors (Lipinski definition) is 2. The van der Waals surface area contributed by atoms with E-state index in [0.29, 0.717) is 0 Å². The number of allylic oxidation sites excluding steroid dienone is 1. The molecule has 2 N–H and O–H groups in total. The molecule has 0 heterocycles. The van der Waals surface area contributed by atoms with Crippen LogP contribution in [0.2, 0.25) is 0 Å². The Bertz CT molecular complexity index is 130. The SMILES string of the molecule is CC(C)=CC(C)(C)C(O)O. The third kappa shape index (κ3) is 2.99. The van der Waals surface area contributed by atoms with Gasteiger partial charge >= 0.3 is 0 Å². The van der Waals surface area contributed by atoms with Crippen molar-refractivity contribution in [2.45, 2.75) is 34.0 Å². The smallest absolute Gasteiger partial charge is 0.160 e. The predicted molar refractivity (Wildman–Crippen MR) is 41.4 cm³/mol. The molecule has 2 heteroatoms. The Morgan fingerprint density at radius 2 is 1.70 bits per heavy atom. The average molecular weight is 144 g/mol. The van der Waals surface area contributed by atoms with Gasteiger partial charge in [-0.25, -0.2) is 0 Å². The van der Waals surface area contributed by atoms with Gasteiger partial charge in [-0.1, -0.05) is 25.5 Å². The van der Waals surface area contributed by atoms with Crippen LogP contribution in [-0.2, 0) is 0 Å². The third-order valence-electron chi connectivity index (χ3n) is 1.33. The average Bonchev–Trinajstić information content (AvgIpc) is 1.60. The molecule has 0 aliphatic carbocycles. The van der Waals surface area contributed by atoms with Crippen LogP contribution in [0.4, 0.5) is 0 Å². The minimum absolute atomic E-state index is 0.529. The molecule has 0 aliphatic heterocycles. The van der Waals surface area contributed by atoms with Gasteiger partial charge < -0.3 is 10.2 Å². The second kappa shape index (κ2) is 3.17. The Balaban J connectivity index is 4.27. The summed E-state index contributed by atoms with van der Waals surface area (Å²) in [7, 11) is 0. The van der Waals surface area contributed by atoms with E-state index in [0.717, 1.165) is 5.57 Å². The molecule has 0 saturated heterocycles. The van der Waals surface area contributed by atoms with E-state index in [1.165, 1.54) is 0 Å². The van der Waals surface area contributed by atoms with E-state index in [-0.39, 0.29) is 0 Å². The highest BCUT2D eigenvalue weighted by atomic mass is 16.5. The number of rotatable bonds is 2. The molecule has 2 nitrogen and oxygen atoms in total. The molecule has 0 atom stereocenters. The molecular weight excluding hydrogens is 128 g/mol. The van der Waals surface area contributed by atoms with Gasteiger partial charge in [0, 0.05) is 5.41 Å². The summed E-state index contributed by atoms with van der Waals surface area (Å²) < 4.78 is 0. The van der Waals surface area contributed by atoms with Crippen molar-refractivity contribution in [3.05, 3.63) is 11.6 Å². The summed E-state index contributed by atoms with van der Waals surface area (Å²) >= 11 is 0. The van der Waals surface area contributed by atoms with Gasteiger partial charge in [0.2, 0.25) is 0 Å². The number of aliphatic hydroxyl groups excluding tert-OH is 1. The van der Waals surface area contributed by atoms with Crippen LogP contribution < -0.4 is 0 Å². The Morgan fingerprint density at radius 3 is 1.80 bits per heavy atom. The molecule has 0 radical (unpaired) electrons. The Kier molecular flexibility index (Phi) is 3.06. The van der Waals surface area contributed by atoms with Crippen LogP contribution in [0.1, 0.15) is 27.7 Å². The molecule has 0 aromatic carbocycles. The van der Waals surface area contributed by atoms with Crippen LogP contribution in [0.5, 0.6) is 0 Å². The van der Waals surface area contributed by atoms with Gasteiger partial charge in [-0.15, -0.1) is 0 Å². The zero-order valence-corrected chi connectivity index (χ0v) is 7.05. The first kappa shape index (κ1) is 9.66. The van der Waals surface area contributed by atoms with Gasteiger partial charge in [0.25, 0.3) is 0 Å². The molecule has 60 valence electrons. The molecule has 0 spiro atoms. The lowest BCUT2D eigenvalue weighted by molar-refractivity contribution is -0.102. The van der Waals surface area contributed by atoms with Crippen LogP contribution in [-0.4, -0.2) is 16.5 Å². The summed E-state index contributed by atoms with van der Waals surface area (Å²) in [4.78, 5) is 0. The van der Waals surface area contributed by atoms with E-state index in [2.05, 4.69) is 0 Å². The van der Waals surface area contributed by atoms with Gasteiger partial charge in [0.1, 0.15) is 0 Å². The monoisotopic (exact) mass is 144 g/mol. The Hall–Kier alpha value is -0.340. The van der Waals surface area contributed by atoms with Crippen molar-refractivity contribution < 1.29 is 10.2 Å². The molecule has 10 heavy (non-hydrogen) atoms. The van der Waals surface area contributed by atoms with Crippen molar-refractivity contribution in [1.82, 2.24) is 0 Å². The van der Waals surface area contributed by atoms with E-state index in [9.17, 15) is 0 Å². The van der Waals surface area contributed by atoms with Crippen LogP contribution in [0.15, 0.2) is 11.6 Å². The van der Waals surface area contributed by atoms with Crippen LogP contribution in [0.25, 0.3) is 0 Å². The normalized spacial score (nSPS) is 11.9. The first-order valence-corrected chi connectivity index (χ1v) is 3.38. The summed E-state index contributed by atoms with van der Waals surface area (Å²) in [6.45, 7) is 7.43. The van der Waals surface area contributed by atoms with Crippen molar-refractivity contribution in [2.75, 3.05) is 0 Å².